The second-order valence-electron chi connectivity index (χ2n) is 22.6. The van der Waals surface area contributed by atoms with Crippen molar-refractivity contribution in [3.8, 4) is 0 Å². The Morgan fingerprint density at radius 2 is 0.788 bits per heavy atom. The smallest absolute Gasteiger partial charge is 0.331 e. The van der Waals surface area contributed by atoms with Crippen LogP contribution in [0, 0.1) is 33.5 Å². The van der Waals surface area contributed by atoms with Crippen LogP contribution in [0.1, 0.15) is 176 Å². The van der Waals surface area contributed by atoms with E-state index in [1.54, 1.807) is 50.1 Å². The monoisotopic (exact) mass is 935 g/mol. The van der Waals surface area contributed by atoms with Crippen LogP contribution in [-0.4, -0.2) is 120 Å². The zero-order chi connectivity index (χ0) is 52.3. The molecule has 0 bridgehead atoms. The number of carboxylic acid groups (broad SMARTS) is 2. The number of carbonyl (C=O) groups is 6. The number of carboxylic acids is 2. The first-order valence-electron chi connectivity index (χ1n) is 24.3. The molecule has 0 rings (SSSR count). The van der Waals surface area contributed by atoms with Crippen molar-refractivity contribution in [2.45, 2.75) is 212 Å². The summed E-state index contributed by atoms with van der Waals surface area (Å²) in [5, 5.41) is 31.0. The maximum absolute atomic E-state index is 13.6. The number of unbranched alkanes of at least 4 members (excludes halogenated alkanes) is 4. The maximum Gasteiger partial charge on any atom is 0.331 e. The summed E-state index contributed by atoms with van der Waals surface area (Å²) in [4.78, 5) is 79.8. The van der Waals surface area contributed by atoms with E-state index in [-0.39, 0.29) is 57.4 Å². The van der Waals surface area contributed by atoms with Gasteiger partial charge in [0.05, 0.1) is 24.2 Å². The Labute approximate surface area is 401 Å². The number of likely N-dealkylation sites (N-methyl/N-ethyl adjacent to an activating group) is 4. The summed E-state index contributed by atoms with van der Waals surface area (Å²) >= 11 is 0. The molecule has 0 aliphatic carbocycles. The number of hydrogen-bond acceptors (Lipinski definition) is 8. The summed E-state index contributed by atoms with van der Waals surface area (Å²) in [7, 11) is 6.90. The number of aliphatic carboxylic acids is 2. The predicted octanol–water partition coefficient (Wildman–Crippen LogP) is 8.45. The second kappa shape index (κ2) is 28.5. The van der Waals surface area contributed by atoms with Crippen LogP contribution in [0.2, 0.25) is 0 Å². The van der Waals surface area contributed by atoms with Crippen molar-refractivity contribution in [1.82, 2.24) is 31.1 Å². The lowest BCUT2D eigenvalue weighted by atomic mass is 9.78. The minimum absolute atomic E-state index is 0.00660. The van der Waals surface area contributed by atoms with Crippen LogP contribution in [0.3, 0.4) is 0 Å². The first-order valence-corrected chi connectivity index (χ1v) is 24.3. The van der Waals surface area contributed by atoms with Crippen LogP contribution in [0.4, 0.5) is 0 Å². The Kier molecular flexibility index (Phi) is 27.8. The fourth-order valence-corrected chi connectivity index (χ4v) is 8.31. The molecule has 0 aromatic rings. The van der Waals surface area contributed by atoms with Crippen LogP contribution in [0.15, 0.2) is 23.3 Å². The largest absolute Gasteiger partial charge is 0.478 e. The Morgan fingerprint density at radius 3 is 0.985 bits per heavy atom. The Balaban J connectivity index is 0. The van der Waals surface area contributed by atoms with Gasteiger partial charge in [-0.2, -0.15) is 0 Å². The van der Waals surface area contributed by atoms with E-state index in [4.69, 9.17) is 0 Å². The lowest BCUT2D eigenvalue weighted by Gasteiger charge is -2.39. The van der Waals surface area contributed by atoms with Crippen molar-refractivity contribution in [3.05, 3.63) is 23.3 Å². The lowest BCUT2D eigenvalue weighted by Crippen LogP contribution is -2.61. The molecule has 0 saturated heterocycles. The zero-order valence-electron chi connectivity index (χ0n) is 45.7. The van der Waals surface area contributed by atoms with Gasteiger partial charge in [0.25, 0.3) is 0 Å². The lowest BCUT2D eigenvalue weighted by molar-refractivity contribution is -0.141. The van der Waals surface area contributed by atoms with E-state index in [0.29, 0.717) is 0 Å². The van der Waals surface area contributed by atoms with Crippen molar-refractivity contribution in [2.75, 3.05) is 28.2 Å². The average molecular weight is 935 g/mol. The van der Waals surface area contributed by atoms with Crippen LogP contribution in [0.5, 0.6) is 0 Å². The van der Waals surface area contributed by atoms with E-state index in [0.717, 1.165) is 51.4 Å². The van der Waals surface area contributed by atoms with Gasteiger partial charge in [-0.15, -0.1) is 0 Å². The topological polar surface area (TPSA) is 197 Å². The molecule has 384 valence electrons. The molecule has 6 N–H and O–H groups in total. The fourth-order valence-electron chi connectivity index (χ4n) is 8.31. The number of nitrogens with one attached hydrogen (secondary N) is 4. The highest BCUT2D eigenvalue weighted by Gasteiger charge is 2.42. The van der Waals surface area contributed by atoms with E-state index in [2.05, 4.69) is 62.8 Å². The third kappa shape index (κ3) is 21.0. The normalized spacial score (nSPS) is 15.7. The number of nitrogens with zero attached hydrogens (tertiary/aromatic N) is 2. The van der Waals surface area contributed by atoms with Crippen LogP contribution < -0.4 is 21.3 Å². The SMILES string of the molecule is CCCCCC(C)(C)[C@@H](NC)C(=O)N[C@H](C(=O)N(C)[C@H](/C=C(\C)C(=O)O)C(C)C)C(C)(C)C.CCCCCC(C)(C)[C@H](NC)C(=O)N[C@H](C(=O)N(C)[C@H](/C=C(\C)C(=O)O)C(C)C)C(C)(C)C. The first-order chi connectivity index (χ1) is 30.0. The molecular formula is C52H98N6O8. The van der Waals surface area contributed by atoms with Gasteiger partial charge in [0.15, 0.2) is 0 Å². The Bertz CT molecular complexity index is 1500. The van der Waals surface area contributed by atoms with Crippen LogP contribution >= 0.6 is 0 Å². The second-order valence-corrected chi connectivity index (χ2v) is 22.6. The molecule has 0 saturated carbocycles. The highest BCUT2D eigenvalue weighted by molar-refractivity contribution is 5.92. The van der Waals surface area contributed by atoms with Crippen molar-refractivity contribution >= 4 is 35.6 Å². The molecule has 66 heavy (non-hydrogen) atoms. The van der Waals surface area contributed by atoms with Crippen LogP contribution in [0.25, 0.3) is 0 Å². The van der Waals surface area contributed by atoms with Crippen molar-refractivity contribution in [2.24, 2.45) is 33.5 Å². The van der Waals surface area contributed by atoms with Gasteiger partial charge >= 0.3 is 11.9 Å². The highest BCUT2D eigenvalue weighted by Crippen LogP contribution is 2.32. The number of amides is 4. The molecule has 0 aliphatic heterocycles. The van der Waals surface area contributed by atoms with Gasteiger partial charge in [-0.3, -0.25) is 19.2 Å². The summed E-state index contributed by atoms with van der Waals surface area (Å²) in [6.45, 7) is 35.0. The van der Waals surface area contributed by atoms with Gasteiger partial charge < -0.3 is 41.3 Å². The summed E-state index contributed by atoms with van der Waals surface area (Å²) in [5.74, 6) is -2.86. The molecule has 4 amide bonds. The third-order valence-electron chi connectivity index (χ3n) is 12.8. The molecule has 14 nitrogen and oxygen atoms in total. The summed E-state index contributed by atoms with van der Waals surface area (Å²) in [5.41, 5.74) is -1.22. The van der Waals surface area contributed by atoms with Crippen LogP contribution in [-0.2, 0) is 28.8 Å². The molecular weight excluding hydrogens is 837 g/mol. The van der Waals surface area contributed by atoms with Crippen molar-refractivity contribution < 1.29 is 39.0 Å². The average Bonchev–Trinajstić information content (AvgIpc) is 3.18. The van der Waals surface area contributed by atoms with Gasteiger partial charge in [0.2, 0.25) is 23.6 Å². The molecule has 0 aliphatic rings. The molecule has 0 radical (unpaired) electrons. The minimum atomic E-state index is -1.01. The predicted molar refractivity (Wildman–Crippen MR) is 270 cm³/mol. The molecule has 6 atom stereocenters. The molecule has 0 fully saturated rings. The maximum atomic E-state index is 13.6. The van der Waals surface area contributed by atoms with Gasteiger partial charge in [-0.1, -0.05) is 161 Å². The van der Waals surface area contributed by atoms with E-state index < -0.39 is 59.0 Å². The number of carbonyl (C=O) groups excluding carboxylic acids is 4. The van der Waals surface area contributed by atoms with E-state index in [9.17, 15) is 39.0 Å². The number of hydrogen-bond donors (Lipinski definition) is 6. The van der Waals surface area contributed by atoms with E-state index in [1.165, 1.54) is 13.8 Å². The van der Waals surface area contributed by atoms with E-state index >= 15 is 0 Å². The molecule has 0 heterocycles. The summed E-state index contributed by atoms with van der Waals surface area (Å²) < 4.78 is 0. The molecule has 0 aromatic heterocycles. The molecule has 0 aromatic carbocycles. The van der Waals surface area contributed by atoms with Gasteiger partial charge in [0, 0.05) is 25.2 Å². The number of rotatable bonds is 26. The van der Waals surface area contributed by atoms with Crippen molar-refractivity contribution in [1.29, 1.82) is 0 Å². The third-order valence-corrected chi connectivity index (χ3v) is 12.8. The molecule has 0 spiro atoms. The van der Waals surface area contributed by atoms with Gasteiger partial charge in [-0.25, -0.2) is 9.59 Å². The van der Waals surface area contributed by atoms with E-state index in [1.807, 2.05) is 69.2 Å². The van der Waals surface area contributed by atoms with Gasteiger partial charge in [-0.05, 0) is 74.3 Å². The van der Waals surface area contributed by atoms with Gasteiger partial charge in [0.1, 0.15) is 12.1 Å². The first kappa shape index (κ1) is 64.3. The zero-order valence-corrected chi connectivity index (χ0v) is 45.7. The molecule has 0 unspecified atom stereocenters. The summed E-state index contributed by atoms with van der Waals surface area (Å²) in [6.07, 6.45) is 11.6. The Morgan fingerprint density at radius 1 is 0.515 bits per heavy atom. The standard InChI is InChI=1S/2C26H49N3O4/c2*1-12-13-14-15-26(8,9)20(27-10)22(30)28-21(25(5,6)7)23(31)29(11)19(17(2)3)16-18(4)24(32)33/h2*16-17,19-21,27H,12-15H2,1-11H3,(H,28,30)(H,32,33)/b2*18-16+/t19-,20+,21-;19-,20-,21-/m11/s1. The Hall–Kier alpha value is -3.78. The van der Waals surface area contributed by atoms with Crippen molar-refractivity contribution in [3.63, 3.8) is 0 Å². The fraction of sp³-hybridized carbons (Fsp3) is 0.808. The minimum Gasteiger partial charge on any atom is -0.478 e. The summed E-state index contributed by atoms with van der Waals surface area (Å²) in [6, 6.07) is -3.18. The quantitative estimate of drug-likeness (QED) is 0.0362. The molecule has 14 heteroatoms. The highest BCUT2D eigenvalue weighted by atomic mass is 16.4.